The normalized spacial score (nSPS) is 29.5. The maximum absolute atomic E-state index is 12.4. The van der Waals surface area contributed by atoms with E-state index in [0.717, 1.165) is 57.4 Å². The average molecular weight is 305 g/mol. The van der Waals surface area contributed by atoms with Gasteiger partial charge >= 0.3 is 0 Å². The van der Waals surface area contributed by atoms with E-state index in [0.29, 0.717) is 12.0 Å². The molecule has 3 aliphatic heterocycles. The molecule has 2 fully saturated rings. The molecule has 1 amide bonds. The second kappa shape index (κ2) is 5.31. The van der Waals surface area contributed by atoms with Gasteiger partial charge in [0.15, 0.2) is 0 Å². The Labute approximate surface area is 130 Å². The maximum Gasteiger partial charge on any atom is 0.252 e. The van der Waals surface area contributed by atoms with E-state index in [2.05, 4.69) is 26.6 Å². The first-order valence-corrected chi connectivity index (χ1v) is 8.16. The van der Waals surface area contributed by atoms with Gasteiger partial charge in [-0.05, 0) is 19.3 Å². The zero-order valence-electron chi connectivity index (χ0n) is 13.2. The summed E-state index contributed by atoms with van der Waals surface area (Å²) >= 11 is 0. The van der Waals surface area contributed by atoms with Gasteiger partial charge < -0.3 is 14.2 Å². The van der Waals surface area contributed by atoms with Crippen LogP contribution in [0.1, 0.15) is 25.0 Å². The Morgan fingerprint density at radius 1 is 1.27 bits per heavy atom. The molecule has 0 saturated carbocycles. The third-order valence-electron chi connectivity index (χ3n) is 5.29. The lowest BCUT2D eigenvalue weighted by Gasteiger charge is -2.47. The number of amides is 1. The van der Waals surface area contributed by atoms with E-state index in [9.17, 15) is 4.79 Å². The van der Waals surface area contributed by atoms with Gasteiger partial charge in [0.1, 0.15) is 17.8 Å². The minimum absolute atomic E-state index is 0.178. The molecule has 2 saturated heterocycles. The fraction of sp³-hybridized carbons (Fsp3) is 0.800. The summed E-state index contributed by atoms with van der Waals surface area (Å²) in [5.74, 6) is 2.56. The van der Waals surface area contributed by atoms with Crippen molar-refractivity contribution < 1.29 is 9.53 Å². The highest BCUT2D eigenvalue weighted by molar-refractivity contribution is 5.82. The summed E-state index contributed by atoms with van der Waals surface area (Å²) in [5, 5.41) is 8.39. The number of nitrogens with zero attached hydrogens (tertiary/aromatic N) is 5. The summed E-state index contributed by atoms with van der Waals surface area (Å²) in [5.41, 5.74) is 0. The molecule has 4 heterocycles. The number of hydrogen-bond acceptors (Lipinski definition) is 5. The molecule has 0 N–H and O–H groups in total. The number of rotatable bonds is 2. The van der Waals surface area contributed by atoms with Crippen molar-refractivity contribution in [3.63, 3.8) is 0 Å². The van der Waals surface area contributed by atoms with E-state index in [1.165, 1.54) is 0 Å². The molecule has 1 aromatic rings. The topological polar surface area (TPSA) is 63.5 Å². The summed E-state index contributed by atoms with van der Waals surface area (Å²) in [4.78, 5) is 16.8. The van der Waals surface area contributed by atoms with Gasteiger partial charge in [0, 0.05) is 38.8 Å². The van der Waals surface area contributed by atoms with Gasteiger partial charge in [0.25, 0.3) is 5.91 Å². The van der Waals surface area contributed by atoms with Crippen molar-refractivity contribution in [2.45, 2.75) is 45.5 Å². The second-order valence-electron chi connectivity index (χ2n) is 6.74. The fourth-order valence-corrected chi connectivity index (χ4v) is 3.69. The van der Waals surface area contributed by atoms with Gasteiger partial charge in [-0.3, -0.25) is 9.69 Å². The number of aryl methyl sites for hydroxylation is 1. The van der Waals surface area contributed by atoms with E-state index >= 15 is 0 Å². The predicted molar refractivity (Wildman–Crippen MR) is 79.1 cm³/mol. The zero-order valence-corrected chi connectivity index (χ0v) is 13.2. The minimum atomic E-state index is -0.215. The van der Waals surface area contributed by atoms with Crippen molar-refractivity contribution in [3.05, 3.63) is 11.6 Å². The number of hydrogen-bond donors (Lipinski definition) is 0. The second-order valence-corrected chi connectivity index (χ2v) is 6.74. The van der Waals surface area contributed by atoms with Crippen molar-refractivity contribution in [3.8, 4) is 0 Å². The average Bonchev–Trinajstić information content (AvgIpc) is 3.04. The lowest BCUT2D eigenvalue weighted by atomic mass is 9.99. The predicted octanol–water partition coefficient (Wildman–Crippen LogP) is 0.0379. The van der Waals surface area contributed by atoms with Gasteiger partial charge in [0.2, 0.25) is 0 Å². The van der Waals surface area contributed by atoms with Gasteiger partial charge in [-0.2, -0.15) is 0 Å². The van der Waals surface area contributed by atoms with Crippen molar-refractivity contribution in [2.24, 2.45) is 5.92 Å². The van der Waals surface area contributed by atoms with Crippen LogP contribution in [-0.2, 0) is 22.6 Å². The van der Waals surface area contributed by atoms with Gasteiger partial charge in [0.05, 0.1) is 6.54 Å². The molecule has 2 atom stereocenters. The van der Waals surface area contributed by atoms with Crippen LogP contribution in [0.25, 0.3) is 0 Å². The molecule has 0 aromatic carbocycles. The first-order valence-electron chi connectivity index (χ1n) is 8.16. The summed E-state index contributed by atoms with van der Waals surface area (Å²) in [6.07, 6.45) is 0.780. The molecular formula is C15H23N5O2. The van der Waals surface area contributed by atoms with E-state index in [-0.39, 0.29) is 12.0 Å². The van der Waals surface area contributed by atoms with Gasteiger partial charge in [-0.1, -0.05) is 6.92 Å². The number of likely N-dealkylation sites (tertiary alicyclic amines) is 1. The molecule has 0 radical (unpaired) electrons. The first kappa shape index (κ1) is 14.1. The fourth-order valence-electron chi connectivity index (χ4n) is 3.69. The van der Waals surface area contributed by atoms with Crippen molar-refractivity contribution >= 4 is 5.91 Å². The molecule has 7 nitrogen and oxygen atoms in total. The third-order valence-corrected chi connectivity index (χ3v) is 5.29. The van der Waals surface area contributed by atoms with E-state index in [1.54, 1.807) is 0 Å². The third kappa shape index (κ3) is 2.23. The van der Waals surface area contributed by atoms with Crippen LogP contribution in [0.2, 0.25) is 0 Å². The Hall–Kier alpha value is -1.47. The molecule has 22 heavy (non-hydrogen) atoms. The van der Waals surface area contributed by atoms with Crippen LogP contribution >= 0.6 is 0 Å². The van der Waals surface area contributed by atoms with Crippen LogP contribution in [0, 0.1) is 12.8 Å². The largest absolute Gasteiger partial charge is 0.368 e. The SMILES string of the molecule is Cc1nnc2n1CCN(C1CN(C(=O)[C@@H]3OCC[C@H]3C)C1)C2. The molecular weight excluding hydrogens is 282 g/mol. The maximum atomic E-state index is 12.4. The first-order chi connectivity index (χ1) is 10.6. The molecule has 0 bridgehead atoms. The number of carbonyl (C=O) groups is 1. The molecule has 120 valence electrons. The number of fused-ring (bicyclic) bond motifs is 1. The van der Waals surface area contributed by atoms with Crippen molar-refractivity contribution in [2.75, 3.05) is 26.2 Å². The van der Waals surface area contributed by atoms with Crippen LogP contribution < -0.4 is 0 Å². The van der Waals surface area contributed by atoms with Crippen LogP contribution in [0.4, 0.5) is 0 Å². The van der Waals surface area contributed by atoms with Crippen molar-refractivity contribution in [1.82, 2.24) is 24.6 Å². The van der Waals surface area contributed by atoms with Crippen LogP contribution in [0.3, 0.4) is 0 Å². The lowest BCUT2D eigenvalue weighted by molar-refractivity contribution is -0.150. The zero-order chi connectivity index (χ0) is 15.3. The monoisotopic (exact) mass is 305 g/mol. The Morgan fingerprint density at radius 3 is 2.82 bits per heavy atom. The Balaban J connectivity index is 1.33. The number of ether oxygens (including phenoxy) is 1. The summed E-state index contributed by atoms with van der Waals surface area (Å²) < 4.78 is 7.77. The van der Waals surface area contributed by atoms with Crippen molar-refractivity contribution in [1.29, 1.82) is 0 Å². The highest BCUT2D eigenvalue weighted by Crippen LogP contribution is 2.26. The van der Waals surface area contributed by atoms with E-state index in [1.807, 2.05) is 11.8 Å². The summed E-state index contributed by atoms with van der Waals surface area (Å²) in [6, 6.07) is 0.450. The highest BCUT2D eigenvalue weighted by atomic mass is 16.5. The Morgan fingerprint density at radius 2 is 2.09 bits per heavy atom. The summed E-state index contributed by atoms with van der Waals surface area (Å²) in [7, 11) is 0. The minimum Gasteiger partial charge on any atom is -0.368 e. The number of aromatic nitrogens is 3. The number of carbonyl (C=O) groups excluding carboxylic acids is 1. The molecule has 3 aliphatic rings. The molecule has 7 heteroatoms. The van der Waals surface area contributed by atoms with Gasteiger partial charge in [-0.15, -0.1) is 10.2 Å². The summed E-state index contributed by atoms with van der Waals surface area (Å²) in [6.45, 7) is 9.25. The molecule has 4 rings (SSSR count). The molecule has 0 spiro atoms. The van der Waals surface area contributed by atoms with E-state index in [4.69, 9.17) is 4.74 Å². The highest BCUT2D eigenvalue weighted by Gasteiger charge is 2.41. The van der Waals surface area contributed by atoms with Crippen LogP contribution in [-0.4, -0.2) is 68.9 Å². The van der Waals surface area contributed by atoms with E-state index < -0.39 is 0 Å². The molecule has 0 aliphatic carbocycles. The molecule has 0 unspecified atom stereocenters. The standard InChI is InChI=1S/C15H23N5O2/c1-10-3-6-22-14(10)15(21)19-7-12(8-19)18-4-5-20-11(2)16-17-13(20)9-18/h10,12,14H,3-9H2,1-2H3/t10-,14-/m1/s1. The molecule has 1 aromatic heterocycles. The Kier molecular flexibility index (Phi) is 3.41. The van der Waals surface area contributed by atoms with Gasteiger partial charge in [-0.25, -0.2) is 0 Å². The smallest absolute Gasteiger partial charge is 0.252 e. The lowest BCUT2D eigenvalue weighted by Crippen LogP contribution is -2.63. The Bertz CT molecular complexity index is 580. The van der Waals surface area contributed by atoms with Crippen LogP contribution in [0.5, 0.6) is 0 Å². The quantitative estimate of drug-likeness (QED) is 0.772. The van der Waals surface area contributed by atoms with Crippen LogP contribution in [0.15, 0.2) is 0 Å².